The fourth-order valence-corrected chi connectivity index (χ4v) is 2.99. The summed E-state index contributed by atoms with van der Waals surface area (Å²) in [5, 5.41) is 13.1. The molecule has 5 nitrogen and oxygen atoms in total. The van der Waals surface area contributed by atoms with Crippen molar-refractivity contribution in [1.82, 2.24) is 10.3 Å². The van der Waals surface area contributed by atoms with E-state index in [9.17, 15) is 9.90 Å². The molecule has 1 amide bonds. The number of ether oxygens (including phenoxy) is 1. The van der Waals surface area contributed by atoms with Gasteiger partial charge in [0.1, 0.15) is 0 Å². The van der Waals surface area contributed by atoms with Crippen molar-refractivity contribution < 1.29 is 14.6 Å². The Morgan fingerprint density at radius 3 is 3.05 bits per heavy atom. The van der Waals surface area contributed by atoms with Gasteiger partial charge in [-0.25, -0.2) is 4.98 Å². The summed E-state index contributed by atoms with van der Waals surface area (Å²) in [4.78, 5) is 16.3. The summed E-state index contributed by atoms with van der Waals surface area (Å²) in [5.41, 5.74) is 2.41. The number of nitrogens with zero attached hydrogens (tertiary/aromatic N) is 1. The first kappa shape index (κ1) is 13.5. The zero-order valence-corrected chi connectivity index (χ0v) is 11.8. The summed E-state index contributed by atoms with van der Waals surface area (Å²) in [6.07, 6.45) is 1.11. The predicted octanol–water partition coefficient (Wildman–Crippen LogP) is 1.57. The molecule has 1 aromatic carbocycles. The van der Waals surface area contributed by atoms with E-state index in [0.29, 0.717) is 31.6 Å². The van der Waals surface area contributed by atoms with E-state index in [0.717, 1.165) is 10.2 Å². The van der Waals surface area contributed by atoms with E-state index in [-0.39, 0.29) is 12.5 Å². The lowest BCUT2D eigenvalue weighted by molar-refractivity contribution is -0.0605. The molecule has 20 heavy (non-hydrogen) atoms. The number of amides is 1. The molecule has 3 rings (SSSR count). The number of hydrogen-bond acceptors (Lipinski definition) is 5. The minimum atomic E-state index is -0.845. The van der Waals surface area contributed by atoms with Gasteiger partial charge in [0.15, 0.2) is 0 Å². The van der Waals surface area contributed by atoms with Gasteiger partial charge in [-0.15, -0.1) is 11.3 Å². The van der Waals surface area contributed by atoms with Gasteiger partial charge < -0.3 is 15.2 Å². The quantitative estimate of drug-likeness (QED) is 0.901. The summed E-state index contributed by atoms with van der Waals surface area (Å²) in [6, 6.07) is 5.42. The zero-order chi connectivity index (χ0) is 14.0. The molecule has 0 spiro atoms. The molecule has 1 fully saturated rings. The van der Waals surface area contributed by atoms with Crippen LogP contribution in [-0.4, -0.2) is 41.4 Å². The number of aliphatic hydroxyl groups is 1. The highest BCUT2D eigenvalue weighted by molar-refractivity contribution is 7.16. The maximum Gasteiger partial charge on any atom is 0.251 e. The smallest absolute Gasteiger partial charge is 0.251 e. The number of benzene rings is 1. The second-order valence-corrected chi connectivity index (χ2v) is 5.94. The first-order chi connectivity index (χ1) is 9.66. The largest absolute Gasteiger partial charge is 0.388 e. The number of aromatic nitrogens is 1. The van der Waals surface area contributed by atoms with Gasteiger partial charge in [-0.2, -0.15) is 0 Å². The Morgan fingerprint density at radius 2 is 2.25 bits per heavy atom. The molecule has 1 aliphatic rings. The van der Waals surface area contributed by atoms with Crippen molar-refractivity contribution in [2.24, 2.45) is 0 Å². The van der Waals surface area contributed by atoms with Crippen LogP contribution in [0.25, 0.3) is 10.2 Å². The van der Waals surface area contributed by atoms with Crippen molar-refractivity contribution >= 4 is 27.5 Å². The van der Waals surface area contributed by atoms with E-state index in [4.69, 9.17) is 4.74 Å². The summed E-state index contributed by atoms with van der Waals surface area (Å²) in [7, 11) is 0. The Kier molecular flexibility index (Phi) is 3.69. The van der Waals surface area contributed by atoms with Gasteiger partial charge in [-0.05, 0) is 18.2 Å². The molecular formula is C14H16N2O3S. The first-order valence-corrected chi connectivity index (χ1v) is 7.46. The molecule has 0 saturated carbocycles. The fraction of sp³-hybridized carbons (Fsp3) is 0.429. The Balaban J connectivity index is 1.66. The molecule has 0 unspecified atom stereocenters. The Bertz CT molecular complexity index is 620. The second-order valence-electron chi connectivity index (χ2n) is 5.05. The number of carbonyl (C=O) groups excluding carboxylic acids is 1. The molecule has 1 saturated heterocycles. The van der Waals surface area contributed by atoms with Gasteiger partial charge in [0.05, 0.1) is 21.3 Å². The number of carbonyl (C=O) groups is 1. The minimum absolute atomic E-state index is 0.166. The molecule has 1 aliphatic heterocycles. The lowest BCUT2D eigenvalue weighted by atomic mass is 9.94. The van der Waals surface area contributed by atoms with Crippen LogP contribution in [0.4, 0.5) is 0 Å². The van der Waals surface area contributed by atoms with E-state index in [1.807, 2.05) is 12.1 Å². The van der Waals surface area contributed by atoms with Crippen molar-refractivity contribution in [1.29, 1.82) is 0 Å². The van der Waals surface area contributed by atoms with Crippen molar-refractivity contribution in [2.45, 2.75) is 18.4 Å². The van der Waals surface area contributed by atoms with Gasteiger partial charge >= 0.3 is 0 Å². The number of thiazole rings is 1. The standard InChI is InChI=1S/C14H16N2O3S/c17-13(15-8-14(18)3-5-19-6-4-14)10-1-2-11-12(7-10)20-9-16-11/h1-2,7,9,18H,3-6,8H2,(H,15,17). The van der Waals surface area contributed by atoms with Crippen molar-refractivity contribution in [2.75, 3.05) is 19.8 Å². The van der Waals surface area contributed by atoms with Crippen LogP contribution in [0.1, 0.15) is 23.2 Å². The van der Waals surface area contributed by atoms with Crippen LogP contribution < -0.4 is 5.32 Å². The van der Waals surface area contributed by atoms with Crippen molar-refractivity contribution in [3.05, 3.63) is 29.3 Å². The summed E-state index contributed by atoms with van der Waals surface area (Å²) in [6.45, 7) is 1.34. The van der Waals surface area contributed by atoms with Crippen LogP contribution >= 0.6 is 11.3 Å². The zero-order valence-electron chi connectivity index (χ0n) is 11.0. The monoisotopic (exact) mass is 292 g/mol. The summed E-state index contributed by atoms with van der Waals surface area (Å²) < 4.78 is 6.21. The topological polar surface area (TPSA) is 71.5 Å². The average Bonchev–Trinajstić information content (AvgIpc) is 2.93. The van der Waals surface area contributed by atoms with Crippen LogP contribution in [0.5, 0.6) is 0 Å². The molecule has 2 N–H and O–H groups in total. The lowest BCUT2D eigenvalue weighted by Gasteiger charge is -2.32. The number of hydrogen-bond donors (Lipinski definition) is 2. The Morgan fingerprint density at radius 1 is 1.45 bits per heavy atom. The summed E-state index contributed by atoms with van der Waals surface area (Å²) in [5.74, 6) is -0.166. The SMILES string of the molecule is O=C(NCC1(O)CCOCC1)c1ccc2ncsc2c1. The third-order valence-electron chi connectivity index (χ3n) is 3.59. The summed E-state index contributed by atoms with van der Waals surface area (Å²) >= 11 is 1.51. The minimum Gasteiger partial charge on any atom is -0.388 e. The van der Waals surface area contributed by atoms with E-state index >= 15 is 0 Å². The number of fused-ring (bicyclic) bond motifs is 1. The molecule has 106 valence electrons. The number of rotatable bonds is 3. The Labute approximate surface area is 120 Å². The van der Waals surface area contributed by atoms with Crippen molar-refractivity contribution in [3.63, 3.8) is 0 Å². The second kappa shape index (κ2) is 5.47. The maximum absolute atomic E-state index is 12.1. The molecule has 2 heterocycles. The third kappa shape index (κ3) is 2.82. The van der Waals surface area contributed by atoms with Crippen LogP contribution in [-0.2, 0) is 4.74 Å². The molecule has 0 aliphatic carbocycles. The molecule has 0 bridgehead atoms. The highest BCUT2D eigenvalue weighted by atomic mass is 32.1. The Hall–Kier alpha value is -1.50. The van der Waals surface area contributed by atoms with Crippen molar-refractivity contribution in [3.8, 4) is 0 Å². The van der Waals surface area contributed by atoms with Crippen LogP contribution in [0.2, 0.25) is 0 Å². The molecular weight excluding hydrogens is 276 g/mol. The van der Waals surface area contributed by atoms with E-state index in [2.05, 4.69) is 10.3 Å². The normalized spacial score (nSPS) is 18.1. The first-order valence-electron chi connectivity index (χ1n) is 6.58. The van der Waals surface area contributed by atoms with Crippen LogP contribution in [0.3, 0.4) is 0 Å². The highest BCUT2D eigenvalue weighted by Crippen LogP contribution is 2.21. The van der Waals surface area contributed by atoms with Gasteiger partial charge in [0.2, 0.25) is 0 Å². The highest BCUT2D eigenvalue weighted by Gasteiger charge is 2.30. The number of nitrogens with one attached hydrogen (secondary N) is 1. The average molecular weight is 292 g/mol. The van der Waals surface area contributed by atoms with E-state index < -0.39 is 5.60 Å². The van der Waals surface area contributed by atoms with E-state index in [1.54, 1.807) is 11.6 Å². The molecule has 2 aromatic rings. The van der Waals surface area contributed by atoms with E-state index in [1.165, 1.54) is 11.3 Å². The maximum atomic E-state index is 12.1. The van der Waals surface area contributed by atoms with Gasteiger partial charge in [0, 0.05) is 38.2 Å². The fourth-order valence-electron chi connectivity index (χ4n) is 2.27. The molecule has 0 radical (unpaired) electrons. The molecule has 6 heteroatoms. The van der Waals surface area contributed by atoms with Gasteiger partial charge in [-0.1, -0.05) is 0 Å². The van der Waals surface area contributed by atoms with Crippen LogP contribution in [0, 0.1) is 0 Å². The van der Waals surface area contributed by atoms with Gasteiger partial charge in [-0.3, -0.25) is 4.79 Å². The lowest BCUT2D eigenvalue weighted by Crippen LogP contribution is -2.46. The van der Waals surface area contributed by atoms with Crippen LogP contribution in [0.15, 0.2) is 23.7 Å². The molecule has 1 aromatic heterocycles. The third-order valence-corrected chi connectivity index (χ3v) is 4.39. The molecule has 0 atom stereocenters. The van der Waals surface area contributed by atoms with Gasteiger partial charge in [0.25, 0.3) is 5.91 Å². The predicted molar refractivity (Wildman–Crippen MR) is 77.0 cm³/mol.